The number of carbonyl (C=O) groups is 1. The third-order valence-corrected chi connectivity index (χ3v) is 6.71. The van der Waals surface area contributed by atoms with Gasteiger partial charge in [-0.2, -0.15) is 4.98 Å². The summed E-state index contributed by atoms with van der Waals surface area (Å²) >= 11 is 0. The Hall–Kier alpha value is -2.72. The number of nitrogens with zero attached hydrogens (tertiary/aromatic N) is 2. The number of hydrogen-bond acceptors (Lipinski definition) is 7. The lowest BCUT2D eigenvalue weighted by Gasteiger charge is -2.23. The van der Waals surface area contributed by atoms with Crippen LogP contribution in [0.15, 0.2) is 35.2 Å². The minimum absolute atomic E-state index is 0.0461. The lowest BCUT2D eigenvalue weighted by molar-refractivity contribution is 0.0121. The van der Waals surface area contributed by atoms with E-state index < -0.39 is 10.0 Å². The molecule has 4 bridgehead atoms. The van der Waals surface area contributed by atoms with Crippen molar-refractivity contribution in [2.45, 2.75) is 56.6 Å². The molecule has 2 aliphatic rings. The molecule has 32 heavy (non-hydrogen) atoms. The Kier molecular flexibility index (Phi) is 6.61. The Balaban J connectivity index is 1.76. The summed E-state index contributed by atoms with van der Waals surface area (Å²) < 4.78 is 40.1. The summed E-state index contributed by atoms with van der Waals surface area (Å²) in [7, 11) is -4.01. The molecule has 2 aromatic rings. The highest BCUT2D eigenvalue weighted by Gasteiger charge is 2.25. The molecule has 0 radical (unpaired) electrons. The normalized spacial score (nSPS) is 23.0. The summed E-state index contributed by atoms with van der Waals surface area (Å²) in [6, 6.07) is 7.30. The highest BCUT2D eigenvalue weighted by atomic mass is 32.2. The first-order chi connectivity index (χ1) is 15.3. The fourth-order valence-electron chi connectivity index (χ4n) is 3.88. The van der Waals surface area contributed by atoms with Crippen LogP contribution < -0.4 is 14.8 Å². The van der Waals surface area contributed by atoms with Gasteiger partial charge in [0.1, 0.15) is 6.61 Å². The van der Waals surface area contributed by atoms with Crippen LogP contribution in [0, 0.1) is 5.92 Å². The van der Waals surface area contributed by atoms with Crippen LogP contribution in [0.3, 0.4) is 0 Å². The second-order valence-electron chi connectivity index (χ2n) is 8.55. The first kappa shape index (κ1) is 22.5. The number of sulfonamides is 1. The molecule has 2 N–H and O–H groups in total. The van der Waals surface area contributed by atoms with Crippen molar-refractivity contribution >= 4 is 21.9 Å². The van der Waals surface area contributed by atoms with Crippen molar-refractivity contribution < 1.29 is 22.7 Å². The first-order valence-electron chi connectivity index (χ1n) is 10.9. The fraction of sp³-hybridized carbons (Fsp3) is 0.500. The summed E-state index contributed by atoms with van der Waals surface area (Å²) in [5.74, 6) is 0.108. The highest BCUT2D eigenvalue weighted by molar-refractivity contribution is 7.92. The zero-order valence-electron chi connectivity index (χ0n) is 18.2. The number of hydrogen-bond donors (Lipinski definition) is 2. The minimum Gasteiger partial charge on any atom is -0.475 e. The van der Waals surface area contributed by atoms with E-state index in [4.69, 9.17) is 9.47 Å². The van der Waals surface area contributed by atoms with E-state index >= 15 is 0 Å². The molecule has 1 aromatic carbocycles. The molecule has 1 aromatic heterocycles. The standard InChI is InChI=1S/C22H28N4O5S/c1-14(2)10-16-13-31-20-12-18(19-8-3-4-9-30-19)24-22(25-20)26-32(28,29)17-7-5-6-15(11-17)21(27)23-16/h5-7,11-12,14,16,19H,3-4,8-10,13H2,1-2H3,(H,23,27)(H,24,25,26)/t16-,19?/m1/s1. The molecule has 2 atom stereocenters. The van der Waals surface area contributed by atoms with Crippen LogP contribution >= 0.6 is 0 Å². The quantitative estimate of drug-likeness (QED) is 0.722. The van der Waals surface area contributed by atoms with Crippen molar-refractivity contribution in [2.75, 3.05) is 17.9 Å². The molecule has 1 fully saturated rings. The third-order valence-electron chi connectivity index (χ3n) is 5.39. The maximum Gasteiger partial charge on any atom is 0.264 e. The van der Waals surface area contributed by atoms with Crippen molar-refractivity contribution in [3.63, 3.8) is 0 Å². The van der Waals surface area contributed by atoms with Gasteiger partial charge in [-0.1, -0.05) is 19.9 Å². The van der Waals surface area contributed by atoms with Crippen LogP contribution in [0.4, 0.5) is 5.95 Å². The van der Waals surface area contributed by atoms with Gasteiger partial charge in [0.05, 0.1) is 22.7 Å². The van der Waals surface area contributed by atoms with E-state index in [9.17, 15) is 13.2 Å². The molecule has 0 spiro atoms. The Bertz CT molecular complexity index is 1080. The van der Waals surface area contributed by atoms with Gasteiger partial charge in [-0.05, 0) is 49.8 Å². The number of aromatic nitrogens is 2. The van der Waals surface area contributed by atoms with Crippen LogP contribution in [-0.4, -0.2) is 43.5 Å². The molecule has 2 aliphatic heterocycles. The molecule has 1 unspecified atom stereocenters. The zero-order chi connectivity index (χ0) is 22.7. The minimum atomic E-state index is -4.01. The number of carbonyl (C=O) groups excluding carboxylic acids is 1. The Morgan fingerprint density at radius 1 is 1.19 bits per heavy atom. The van der Waals surface area contributed by atoms with Gasteiger partial charge in [-0.3, -0.25) is 4.79 Å². The van der Waals surface area contributed by atoms with E-state index in [-0.39, 0.29) is 46.9 Å². The second-order valence-corrected chi connectivity index (χ2v) is 10.2. The van der Waals surface area contributed by atoms with Crippen LogP contribution in [0.25, 0.3) is 0 Å². The molecule has 9 nitrogen and oxygen atoms in total. The maximum absolute atomic E-state index is 13.0. The number of anilines is 1. The molecule has 1 saturated heterocycles. The number of rotatable bonds is 3. The van der Waals surface area contributed by atoms with E-state index in [2.05, 4.69) is 33.9 Å². The molecule has 0 saturated carbocycles. The predicted octanol–water partition coefficient (Wildman–Crippen LogP) is 3.06. The topological polar surface area (TPSA) is 120 Å². The van der Waals surface area contributed by atoms with Crippen molar-refractivity contribution in [3.05, 3.63) is 41.6 Å². The molecule has 3 heterocycles. The molecular formula is C22H28N4O5S. The Morgan fingerprint density at radius 3 is 2.78 bits per heavy atom. The van der Waals surface area contributed by atoms with Gasteiger partial charge >= 0.3 is 0 Å². The van der Waals surface area contributed by atoms with E-state index in [0.29, 0.717) is 24.6 Å². The number of fused-ring (bicyclic) bond motifs is 4. The summed E-state index contributed by atoms with van der Waals surface area (Å²) in [5, 5.41) is 2.96. The molecule has 10 heteroatoms. The van der Waals surface area contributed by atoms with Crippen molar-refractivity contribution in [2.24, 2.45) is 5.92 Å². The van der Waals surface area contributed by atoms with E-state index in [1.807, 2.05) is 0 Å². The van der Waals surface area contributed by atoms with Crippen LogP contribution in [0.2, 0.25) is 0 Å². The van der Waals surface area contributed by atoms with Gasteiger partial charge in [0, 0.05) is 18.2 Å². The van der Waals surface area contributed by atoms with Crippen LogP contribution in [-0.2, 0) is 14.8 Å². The Morgan fingerprint density at radius 2 is 2.03 bits per heavy atom. The maximum atomic E-state index is 13.0. The smallest absolute Gasteiger partial charge is 0.264 e. The lowest BCUT2D eigenvalue weighted by atomic mass is 10.0. The number of amides is 1. The fourth-order valence-corrected chi connectivity index (χ4v) is 4.87. The summed E-state index contributed by atoms with van der Waals surface area (Å²) in [6.07, 6.45) is 3.22. The van der Waals surface area contributed by atoms with E-state index in [0.717, 1.165) is 19.3 Å². The average Bonchev–Trinajstić information content (AvgIpc) is 2.77. The molecule has 0 aliphatic carbocycles. The van der Waals surface area contributed by atoms with Crippen molar-refractivity contribution in [3.8, 4) is 5.88 Å². The van der Waals surface area contributed by atoms with Gasteiger partial charge < -0.3 is 14.8 Å². The van der Waals surface area contributed by atoms with Gasteiger partial charge in [-0.25, -0.2) is 18.1 Å². The lowest BCUT2D eigenvalue weighted by Crippen LogP contribution is -2.40. The average molecular weight is 461 g/mol. The van der Waals surface area contributed by atoms with Gasteiger partial charge in [0.15, 0.2) is 0 Å². The molecule has 1 amide bonds. The summed E-state index contributed by atoms with van der Waals surface area (Å²) in [6.45, 7) is 4.94. The largest absolute Gasteiger partial charge is 0.475 e. The summed E-state index contributed by atoms with van der Waals surface area (Å²) in [5.41, 5.74) is 0.824. The molecule has 4 rings (SSSR count). The Labute approximate surface area is 188 Å². The van der Waals surface area contributed by atoms with E-state index in [1.165, 1.54) is 18.2 Å². The molecular weight excluding hydrogens is 432 g/mol. The van der Waals surface area contributed by atoms with Crippen molar-refractivity contribution in [1.82, 2.24) is 15.3 Å². The van der Waals surface area contributed by atoms with E-state index in [1.54, 1.807) is 12.1 Å². The zero-order valence-corrected chi connectivity index (χ0v) is 19.0. The summed E-state index contributed by atoms with van der Waals surface area (Å²) in [4.78, 5) is 21.4. The van der Waals surface area contributed by atoms with Gasteiger partial charge in [0.25, 0.3) is 15.9 Å². The monoisotopic (exact) mass is 460 g/mol. The first-order valence-corrected chi connectivity index (χ1v) is 12.4. The van der Waals surface area contributed by atoms with Gasteiger partial charge in [-0.15, -0.1) is 0 Å². The van der Waals surface area contributed by atoms with Crippen LogP contribution in [0.5, 0.6) is 5.88 Å². The third kappa shape index (κ3) is 5.36. The number of benzene rings is 1. The second kappa shape index (κ2) is 9.41. The molecule has 172 valence electrons. The predicted molar refractivity (Wildman–Crippen MR) is 118 cm³/mol. The van der Waals surface area contributed by atoms with Crippen molar-refractivity contribution in [1.29, 1.82) is 0 Å². The van der Waals surface area contributed by atoms with Crippen LogP contribution in [0.1, 0.15) is 61.7 Å². The van der Waals surface area contributed by atoms with Gasteiger partial charge in [0.2, 0.25) is 11.8 Å². The number of ether oxygens (including phenoxy) is 2. The SMILES string of the molecule is CC(C)C[C@@H]1COc2cc(C3CCCCO3)nc(n2)NS(=O)(=O)c2cccc(c2)C(=O)N1. The highest BCUT2D eigenvalue weighted by Crippen LogP contribution is 2.29. The number of nitrogens with one attached hydrogen (secondary N) is 2.